The topological polar surface area (TPSA) is 26.3 Å². The number of hydrogen-bond acceptors (Lipinski definition) is 2. The maximum Gasteiger partial charge on any atom is 0.309 e. The predicted octanol–water partition coefficient (Wildman–Crippen LogP) is 3.73. The molecule has 0 aromatic heterocycles. The number of esters is 1. The van der Waals surface area contributed by atoms with Crippen LogP contribution < -0.4 is 0 Å². The summed E-state index contributed by atoms with van der Waals surface area (Å²) in [6.45, 7) is 0. The summed E-state index contributed by atoms with van der Waals surface area (Å²) in [6.07, 6.45) is 2.73. The Morgan fingerprint density at radius 1 is 1.41 bits per heavy atom. The molecule has 0 heterocycles. The van der Waals surface area contributed by atoms with E-state index in [0.717, 1.165) is 12.0 Å². The van der Waals surface area contributed by atoms with Crippen molar-refractivity contribution in [3.8, 4) is 0 Å². The van der Waals surface area contributed by atoms with Crippen molar-refractivity contribution in [2.24, 2.45) is 11.8 Å². The molecule has 0 amide bonds. The zero-order valence-corrected chi connectivity index (χ0v) is 10.8. The first-order valence-electron chi connectivity index (χ1n) is 5.33. The molecule has 0 saturated heterocycles. The molecular formula is C13H12Cl2O2. The van der Waals surface area contributed by atoms with Gasteiger partial charge in [0.25, 0.3) is 0 Å². The van der Waals surface area contributed by atoms with Gasteiger partial charge in [-0.05, 0) is 30.0 Å². The van der Waals surface area contributed by atoms with Gasteiger partial charge in [0.1, 0.15) is 0 Å². The van der Waals surface area contributed by atoms with E-state index in [1.165, 1.54) is 7.11 Å². The minimum absolute atomic E-state index is 0.0268. The van der Waals surface area contributed by atoms with E-state index < -0.39 is 0 Å². The van der Waals surface area contributed by atoms with Crippen molar-refractivity contribution in [3.63, 3.8) is 0 Å². The van der Waals surface area contributed by atoms with E-state index in [1.54, 1.807) is 12.1 Å². The maximum absolute atomic E-state index is 11.2. The van der Waals surface area contributed by atoms with Crippen LogP contribution in [0.4, 0.5) is 0 Å². The zero-order chi connectivity index (χ0) is 12.4. The molecular weight excluding hydrogens is 259 g/mol. The van der Waals surface area contributed by atoms with Crippen molar-refractivity contribution < 1.29 is 9.53 Å². The number of carbonyl (C=O) groups is 1. The van der Waals surface area contributed by atoms with Crippen LogP contribution in [-0.4, -0.2) is 13.1 Å². The standard InChI is InChI=1S/C13H12Cl2O2/c1-17-13(16)11-6-9(11)7-12(15)8-2-4-10(14)5-3-8/h2-5,7,9,11H,6H2,1H3/t9-,11+/m1/s1. The Morgan fingerprint density at radius 3 is 2.65 bits per heavy atom. The van der Waals surface area contributed by atoms with E-state index in [2.05, 4.69) is 4.74 Å². The molecule has 2 nitrogen and oxygen atoms in total. The average molecular weight is 271 g/mol. The van der Waals surface area contributed by atoms with E-state index in [1.807, 2.05) is 18.2 Å². The number of hydrogen-bond donors (Lipinski definition) is 0. The van der Waals surface area contributed by atoms with E-state index in [0.29, 0.717) is 10.1 Å². The molecule has 2 rings (SSSR count). The molecule has 0 radical (unpaired) electrons. The maximum atomic E-state index is 11.2. The SMILES string of the molecule is COC(=O)[C@H]1C[C@@H]1C=C(Cl)c1ccc(Cl)cc1. The second-order valence-corrected chi connectivity index (χ2v) is 4.89. The van der Waals surface area contributed by atoms with Crippen molar-refractivity contribution in [1.82, 2.24) is 0 Å². The number of carbonyl (C=O) groups excluding carboxylic acids is 1. The fourth-order valence-corrected chi connectivity index (χ4v) is 2.13. The quantitative estimate of drug-likeness (QED) is 0.783. The molecule has 17 heavy (non-hydrogen) atoms. The smallest absolute Gasteiger partial charge is 0.309 e. The van der Waals surface area contributed by atoms with E-state index in [4.69, 9.17) is 23.2 Å². The molecule has 0 aliphatic heterocycles. The van der Waals surface area contributed by atoms with Crippen LogP contribution in [0.5, 0.6) is 0 Å². The van der Waals surface area contributed by atoms with Gasteiger partial charge < -0.3 is 4.74 Å². The van der Waals surface area contributed by atoms with Gasteiger partial charge in [0.15, 0.2) is 0 Å². The highest BCUT2D eigenvalue weighted by Crippen LogP contribution is 2.42. The van der Waals surface area contributed by atoms with Gasteiger partial charge in [0.05, 0.1) is 13.0 Å². The van der Waals surface area contributed by atoms with Crippen LogP contribution in [-0.2, 0) is 9.53 Å². The van der Waals surface area contributed by atoms with Crippen molar-refractivity contribution in [1.29, 1.82) is 0 Å². The fraction of sp³-hybridized carbons (Fsp3) is 0.308. The Kier molecular flexibility index (Phi) is 3.75. The van der Waals surface area contributed by atoms with Crippen molar-refractivity contribution in [3.05, 3.63) is 40.9 Å². The Morgan fingerprint density at radius 2 is 2.06 bits per heavy atom. The van der Waals surface area contributed by atoms with Gasteiger partial charge >= 0.3 is 5.97 Å². The van der Waals surface area contributed by atoms with E-state index in [-0.39, 0.29) is 17.8 Å². The van der Waals surface area contributed by atoms with Crippen LogP contribution in [0, 0.1) is 11.8 Å². The van der Waals surface area contributed by atoms with Gasteiger partial charge in [-0.15, -0.1) is 0 Å². The van der Waals surface area contributed by atoms with Crippen LogP contribution in [0.25, 0.3) is 5.03 Å². The summed E-state index contributed by atoms with van der Waals surface area (Å²) in [7, 11) is 1.40. The number of benzene rings is 1. The summed E-state index contributed by atoms with van der Waals surface area (Å²) in [5.41, 5.74) is 0.909. The summed E-state index contributed by atoms with van der Waals surface area (Å²) in [5.74, 6) is 0.0125. The van der Waals surface area contributed by atoms with Crippen LogP contribution in [0.3, 0.4) is 0 Å². The number of methoxy groups -OCH3 is 1. The van der Waals surface area contributed by atoms with Crippen molar-refractivity contribution in [2.75, 3.05) is 7.11 Å². The lowest BCUT2D eigenvalue weighted by molar-refractivity contribution is -0.142. The molecule has 1 aromatic carbocycles. The van der Waals surface area contributed by atoms with Gasteiger partial charge in [-0.2, -0.15) is 0 Å². The molecule has 4 heteroatoms. The van der Waals surface area contributed by atoms with Gasteiger partial charge in [0, 0.05) is 10.1 Å². The zero-order valence-electron chi connectivity index (χ0n) is 9.32. The fourth-order valence-electron chi connectivity index (χ4n) is 1.71. The Bertz CT molecular complexity index is 451. The van der Waals surface area contributed by atoms with Crippen LogP contribution in [0.15, 0.2) is 30.3 Å². The Hall–Kier alpha value is -0.990. The van der Waals surface area contributed by atoms with Crippen LogP contribution >= 0.6 is 23.2 Å². The highest BCUT2D eigenvalue weighted by Gasteiger charge is 2.42. The highest BCUT2D eigenvalue weighted by atomic mass is 35.5. The monoisotopic (exact) mass is 270 g/mol. The molecule has 0 N–H and O–H groups in total. The molecule has 0 spiro atoms. The van der Waals surface area contributed by atoms with Crippen molar-refractivity contribution >= 4 is 34.2 Å². The number of halogens is 2. The molecule has 1 saturated carbocycles. The van der Waals surface area contributed by atoms with Gasteiger partial charge in [0.2, 0.25) is 0 Å². The van der Waals surface area contributed by atoms with Gasteiger partial charge in [-0.1, -0.05) is 41.4 Å². The average Bonchev–Trinajstić information content (AvgIpc) is 3.08. The third-order valence-electron chi connectivity index (χ3n) is 2.82. The molecule has 2 atom stereocenters. The predicted molar refractivity (Wildman–Crippen MR) is 68.9 cm³/mol. The second kappa shape index (κ2) is 5.11. The summed E-state index contributed by atoms with van der Waals surface area (Å²) >= 11 is 12.0. The summed E-state index contributed by atoms with van der Waals surface area (Å²) in [5, 5.41) is 1.33. The third kappa shape index (κ3) is 3.02. The third-order valence-corrected chi connectivity index (χ3v) is 3.42. The Labute approximate surface area is 110 Å². The molecule has 0 bridgehead atoms. The van der Waals surface area contributed by atoms with Crippen LogP contribution in [0.2, 0.25) is 5.02 Å². The lowest BCUT2D eigenvalue weighted by atomic mass is 10.2. The second-order valence-electron chi connectivity index (χ2n) is 4.05. The number of ether oxygens (including phenoxy) is 1. The largest absolute Gasteiger partial charge is 0.469 e. The van der Waals surface area contributed by atoms with Crippen molar-refractivity contribution in [2.45, 2.75) is 6.42 Å². The first-order valence-corrected chi connectivity index (χ1v) is 6.08. The minimum Gasteiger partial charge on any atom is -0.469 e. The van der Waals surface area contributed by atoms with Gasteiger partial charge in [-0.3, -0.25) is 4.79 Å². The molecule has 1 aliphatic carbocycles. The summed E-state index contributed by atoms with van der Waals surface area (Å²) in [4.78, 5) is 11.2. The first kappa shape index (κ1) is 12.5. The molecule has 0 unspecified atom stereocenters. The molecule has 90 valence electrons. The van der Waals surface area contributed by atoms with E-state index in [9.17, 15) is 4.79 Å². The normalized spacial score (nSPS) is 23.4. The van der Waals surface area contributed by atoms with Crippen LogP contribution in [0.1, 0.15) is 12.0 Å². The minimum atomic E-state index is -0.160. The molecule has 1 aromatic rings. The highest BCUT2D eigenvalue weighted by molar-refractivity contribution is 6.48. The molecule has 1 aliphatic rings. The first-order chi connectivity index (χ1) is 8.11. The number of allylic oxidation sites excluding steroid dienone is 1. The lowest BCUT2D eigenvalue weighted by Gasteiger charge is -1.99. The van der Waals surface area contributed by atoms with Gasteiger partial charge in [-0.25, -0.2) is 0 Å². The number of rotatable bonds is 3. The summed E-state index contributed by atoms with van der Waals surface area (Å²) in [6, 6.07) is 7.29. The lowest BCUT2D eigenvalue weighted by Crippen LogP contribution is -2.03. The molecule has 1 fully saturated rings. The van der Waals surface area contributed by atoms with E-state index >= 15 is 0 Å². The summed E-state index contributed by atoms with van der Waals surface area (Å²) < 4.78 is 4.68. The Balaban J connectivity index is 2.04.